The highest BCUT2D eigenvalue weighted by atomic mass is 16.5. The smallest absolute Gasteiger partial charge is 0.282 e. The molecule has 1 atom stereocenters. The molecule has 0 aliphatic heterocycles. The highest BCUT2D eigenvalue weighted by Crippen LogP contribution is 2.30. The first-order valence-corrected chi connectivity index (χ1v) is 12.5. The number of aliphatic hydroxyl groups excluding tert-OH is 1. The summed E-state index contributed by atoms with van der Waals surface area (Å²) in [6.07, 6.45) is 2.45. The molecule has 0 aliphatic carbocycles. The number of aromatic nitrogens is 4. The number of fused-ring (bicyclic) bond motifs is 1. The summed E-state index contributed by atoms with van der Waals surface area (Å²) in [4.78, 5) is 35.5. The van der Waals surface area contributed by atoms with E-state index in [-0.39, 0.29) is 24.3 Å². The van der Waals surface area contributed by atoms with Crippen molar-refractivity contribution in [1.29, 1.82) is 0 Å². The Bertz CT molecular complexity index is 1690. The van der Waals surface area contributed by atoms with Gasteiger partial charge in [-0.05, 0) is 56.3 Å². The number of hydrogen-bond donors (Lipinski definition) is 1. The van der Waals surface area contributed by atoms with Crippen LogP contribution in [-0.4, -0.2) is 43.4 Å². The average molecular weight is 525 g/mol. The molecule has 0 fully saturated rings. The Morgan fingerprint density at radius 1 is 1.03 bits per heavy atom. The number of pyridine rings is 2. The fourth-order valence-electron chi connectivity index (χ4n) is 4.54. The molecule has 0 bridgehead atoms. The van der Waals surface area contributed by atoms with Crippen LogP contribution in [0, 0.1) is 6.92 Å². The molecule has 2 aromatic carbocycles. The Labute approximate surface area is 224 Å². The van der Waals surface area contributed by atoms with Gasteiger partial charge >= 0.3 is 0 Å². The van der Waals surface area contributed by atoms with E-state index in [4.69, 9.17) is 9.47 Å². The molecule has 0 spiro atoms. The first-order valence-electron chi connectivity index (χ1n) is 12.5. The van der Waals surface area contributed by atoms with Gasteiger partial charge in [0.05, 0.1) is 43.6 Å². The van der Waals surface area contributed by atoms with E-state index in [0.29, 0.717) is 34.3 Å². The minimum atomic E-state index is -0.706. The summed E-state index contributed by atoms with van der Waals surface area (Å²) in [5.41, 5.74) is 2.01. The van der Waals surface area contributed by atoms with Gasteiger partial charge in [0.1, 0.15) is 22.8 Å². The van der Waals surface area contributed by atoms with Crippen LogP contribution >= 0.6 is 0 Å². The van der Waals surface area contributed by atoms with Crippen molar-refractivity contribution in [2.75, 3.05) is 7.11 Å². The van der Waals surface area contributed by atoms with Crippen LogP contribution in [0.25, 0.3) is 16.6 Å². The van der Waals surface area contributed by atoms with Crippen LogP contribution in [0.1, 0.15) is 28.7 Å². The number of methoxy groups -OCH3 is 1. The Hall–Kier alpha value is -4.76. The van der Waals surface area contributed by atoms with Crippen molar-refractivity contribution in [1.82, 2.24) is 19.3 Å². The minimum absolute atomic E-state index is 0.0537. The van der Waals surface area contributed by atoms with E-state index in [0.717, 1.165) is 10.9 Å². The van der Waals surface area contributed by atoms with E-state index in [1.807, 2.05) is 36.4 Å². The van der Waals surface area contributed by atoms with E-state index in [9.17, 15) is 14.7 Å². The third-order valence-corrected chi connectivity index (χ3v) is 6.39. The molecule has 198 valence electrons. The molecule has 0 amide bonds. The standard InChI is InChI=1S/C30H28N4O5/c1-19(35)18-33-20(2)29(30(37)34(33)22-7-5-4-6-8-22)27(36)15-21-9-10-24(17-32-21)39-28-13-14-31-26-16-23(38-3)11-12-25(26)28/h4-14,16-17,19,35H,15,18H2,1-3H3/t19-/m1/s1. The Morgan fingerprint density at radius 3 is 2.49 bits per heavy atom. The normalized spacial score (nSPS) is 11.9. The van der Waals surface area contributed by atoms with Crippen LogP contribution in [0.2, 0.25) is 0 Å². The van der Waals surface area contributed by atoms with Crippen LogP contribution in [0.5, 0.6) is 17.2 Å². The maximum absolute atomic E-state index is 13.4. The van der Waals surface area contributed by atoms with Gasteiger partial charge in [-0.2, -0.15) is 0 Å². The molecule has 0 aliphatic rings. The lowest BCUT2D eigenvalue weighted by Gasteiger charge is -2.15. The molecular weight excluding hydrogens is 496 g/mol. The van der Waals surface area contributed by atoms with E-state index in [2.05, 4.69) is 9.97 Å². The van der Waals surface area contributed by atoms with Crippen molar-refractivity contribution in [3.63, 3.8) is 0 Å². The summed E-state index contributed by atoms with van der Waals surface area (Å²) in [5.74, 6) is 1.47. The van der Waals surface area contributed by atoms with Gasteiger partial charge < -0.3 is 14.6 Å². The van der Waals surface area contributed by atoms with Crippen molar-refractivity contribution < 1.29 is 19.4 Å². The fourth-order valence-corrected chi connectivity index (χ4v) is 4.54. The molecule has 9 heteroatoms. The molecule has 0 saturated carbocycles. The van der Waals surface area contributed by atoms with Crippen molar-refractivity contribution in [3.05, 3.63) is 106 Å². The monoisotopic (exact) mass is 524 g/mol. The Morgan fingerprint density at radius 2 is 1.79 bits per heavy atom. The van der Waals surface area contributed by atoms with Crippen LogP contribution in [-0.2, 0) is 13.0 Å². The van der Waals surface area contributed by atoms with Gasteiger partial charge in [-0.25, -0.2) is 4.68 Å². The van der Waals surface area contributed by atoms with Crippen molar-refractivity contribution in [2.45, 2.75) is 32.9 Å². The second-order valence-electron chi connectivity index (χ2n) is 9.22. The zero-order chi connectivity index (χ0) is 27.5. The molecule has 39 heavy (non-hydrogen) atoms. The molecule has 0 unspecified atom stereocenters. The quantitative estimate of drug-likeness (QED) is 0.283. The Balaban J connectivity index is 1.38. The lowest BCUT2D eigenvalue weighted by molar-refractivity contribution is 0.0989. The van der Waals surface area contributed by atoms with Gasteiger partial charge in [-0.1, -0.05) is 18.2 Å². The topological polar surface area (TPSA) is 108 Å². The van der Waals surface area contributed by atoms with Gasteiger partial charge in [-0.3, -0.25) is 24.2 Å². The third-order valence-electron chi connectivity index (χ3n) is 6.39. The number of Topliss-reactive ketones (excluding diaryl/α,β-unsaturated/α-hetero) is 1. The summed E-state index contributed by atoms with van der Waals surface area (Å²) < 4.78 is 14.4. The van der Waals surface area contributed by atoms with Crippen LogP contribution in [0.15, 0.2) is 83.9 Å². The number of nitrogens with zero attached hydrogens (tertiary/aromatic N) is 4. The molecular formula is C30H28N4O5. The minimum Gasteiger partial charge on any atom is -0.497 e. The summed E-state index contributed by atoms with van der Waals surface area (Å²) >= 11 is 0. The van der Waals surface area contributed by atoms with E-state index < -0.39 is 11.7 Å². The predicted octanol–water partition coefficient (Wildman–Crippen LogP) is 4.50. The highest BCUT2D eigenvalue weighted by Gasteiger charge is 2.24. The van der Waals surface area contributed by atoms with Crippen molar-refractivity contribution in [2.24, 2.45) is 0 Å². The first kappa shape index (κ1) is 25.9. The van der Waals surface area contributed by atoms with Gasteiger partial charge in [0.2, 0.25) is 0 Å². The summed E-state index contributed by atoms with van der Waals surface area (Å²) in [7, 11) is 1.60. The fraction of sp³-hybridized carbons (Fsp3) is 0.200. The van der Waals surface area contributed by atoms with E-state index in [1.54, 1.807) is 68.4 Å². The molecule has 5 rings (SSSR count). The van der Waals surface area contributed by atoms with Crippen molar-refractivity contribution in [3.8, 4) is 22.9 Å². The third kappa shape index (κ3) is 5.30. The lowest BCUT2D eigenvalue weighted by atomic mass is 10.1. The maximum atomic E-state index is 13.4. The maximum Gasteiger partial charge on any atom is 0.282 e. The molecule has 9 nitrogen and oxygen atoms in total. The zero-order valence-corrected chi connectivity index (χ0v) is 21.9. The second kappa shape index (κ2) is 10.9. The molecule has 0 saturated heterocycles. The second-order valence-corrected chi connectivity index (χ2v) is 9.22. The average Bonchev–Trinajstić information content (AvgIpc) is 3.18. The van der Waals surface area contributed by atoms with Gasteiger partial charge in [0, 0.05) is 29.0 Å². The van der Waals surface area contributed by atoms with Crippen LogP contribution < -0.4 is 15.0 Å². The molecule has 0 radical (unpaired) electrons. The number of benzene rings is 2. The number of hydrogen-bond acceptors (Lipinski definition) is 7. The van der Waals surface area contributed by atoms with Gasteiger partial charge in [0.25, 0.3) is 5.56 Å². The van der Waals surface area contributed by atoms with E-state index >= 15 is 0 Å². The number of carbonyl (C=O) groups is 1. The first-order chi connectivity index (χ1) is 18.9. The number of rotatable bonds is 9. The predicted molar refractivity (Wildman–Crippen MR) is 147 cm³/mol. The van der Waals surface area contributed by atoms with Crippen molar-refractivity contribution >= 4 is 16.7 Å². The Kier molecular flexibility index (Phi) is 7.25. The van der Waals surface area contributed by atoms with Crippen LogP contribution in [0.3, 0.4) is 0 Å². The largest absolute Gasteiger partial charge is 0.497 e. The summed E-state index contributed by atoms with van der Waals surface area (Å²) in [6.45, 7) is 3.53. The molecule has 1 N–H and O–H groups in total. The number of carbonyl (C=O) groups excluding carboxylic acids is 1. The van der Waals surface area contributed by atoms with Gasteiger partial charge in [-0.15, -0.1) is 0 Å². The molecule has 5 aromatic rings. The number of aliphatic hydroxyl groups is 1. The van der Waals surface area contributed by atoms with Gasteiger partial charge in [0.15, 0.2) is 5.78 Å². The lowest BCUT2D eigenvalue weighted by Crippen LogP contribution is -2.26. The number of para-hydroxylation sites is 1. The molecule has 3 aromatic heterocycles. The number of ether oxygens (including phenoxy) is 2. The van der Waals surface area contributed by atoms with E-state index in [1.165, 1.54) is 4.68 Å². The van der Waals surface area contributed by atoms with Crippen LogP contribution in [0.4, 0.5) is 0 Å². The molecule has 3 heterocycles. The zero-order valence-electron chi connectivity index (χ0n) is 21.9. The SMILES string of the molecule is COc1ccc2c(Oc3ccc(CC(=O)c4c(C)n(C[C@@H](C)O)n(-c5ccccc5)c4=O)nc3)ccnc2c1. The summed E-state index contributed by atoms with van der Waals surface area (Å²) in [5, 5.41) is 10.9. The number of ketones is 1. The highest BCUT2D eigenvalue weighted by molar-refractivity contribution is 5.98. The summed E-state index contributed by atoms with van der Waals surface area (Å²) in [6, 6.07) is 19.8.